The maximum absolute atomic E-state index is 5.96. The molecule has 26 heavy (non-hydrogen) atoms. The van der Waals surface area contributed by atoms with Crippen molar-refractivity contribution in [2.75, 3.05) is 43.9 Å². The SMILES string of the molecule is CN1CCN(c2ccc(-c3cc(-c4ccccc4)nc(N)n3)cc2)CC1. The zero-order valence-electron chi connectivity index (χ0n) is 15.0. The van der Waals surface area contributed by atoms with Crippen LogP contribution in [0, 0.1) is 0 Å². The maximum atomic E-state index is 5.96. The first-order valence-corrected chi connectivity index (χ1v) is 8.93. The summed E-state index contributed by atoms with van der Waals surface area (Å²) in [6.45, 7) is 4.33. The first-order valence-electron chi connectivity index (χ1n) is 8.93. The highest BCUT2D eigenvalue weighted by molar-refractivity contribution is 5.70. The van der Waals surface area contributed by atoms with Crippen LogP contribution in [0.5, 0.6) is 0 Å². The van der Waals surface area contributed by atoms with Crippen molar-refractivity contribution in [1.82, 2.24) is 14.9 Å². The van der Waals surface area contributed by atoms with Gasteiger partial charge in [-0.3, -0.25) is 0 Å². The van der Waals surface area contributed by atoms with Crippen molar-refractivity contribution >= 4 is 11.6 Å². The van der Waals surface area contributed by atoms with Crippen LogP contribution in [-0.4, -0.2) is 48.1 Å². The highest BCUT2D eigenvalue weighted by Crippen LogP contribution is 2.26. The largest absolute Gasteiger partial charge is 0.369 e. The van der Waals surface area contributed by atoms with Gasteiger partial charge in [0.15, 0.2) is 0 Å². The number of nitrogens with zero attached hydrogens (tertiary/aromatic N) is 4. The standard InChI is InChI=1S/C21H23N5/c1-25-11-13-26(14-12-25)18-9-7-17(8-10-18)20-15-19(23-21(22)24-20)16-5-3-2-4-6-16/h2-10,15H,11-14H2,1H3,(H2,22,23,24). The molecule has 0 unspecified atom stereocenters. The Morgan fingerprint density at radius 3 is 1.96 bits per heavy atom. The van der Waals surface area contributed by atoms with Crippen molar-refractivity contribution in [2.45, 2.75) is 0 Å². The van der Waals surface area contributed by atoms with E-state index in [0.29, 0.717) is 5.95 Å². The number of aromatic nitrogens is 2. The number of piperazine rings is 1. The Morgan fingerprint density at radius 1 is 0.769 bits per heavy atom. The average Bonchev–Trinajstić information content (AvgIpc) is 2.69. The molecule has 2 aromatic carbocycles. The molecule has 0 bridgehead atoms. The molecule has 0 saturated carbocycles. The van der Waals surface area contributed by atoms with Crippen molar-refractivity contribution in [1.29, 1.82) is 0 Å². The van der Waals surface area contributed by atoms with Gasteiger partial charge in [0.05, 0.1) is 11.4 Å². The van der Waals surface area contributed by atoms with Gasteiger partial charge in [-0.15, -0.1) is 0 Å². The number of rotatable bonds is 3. The van der Waals surface area contributed by atoms with Crippen LogP contribution in [0.1, 0.15) is 0 Å². The van der Waals surface area contributed by atoms with E-state index in [9.17, 15) is 0 Å². The molecule has 0 amide bonds. The Hall–Kier alpha value is -2.92. The number of anilines is 2. The smallest absolute Gasteiger partial charge is 0.221 e. The summed E-state index contributed by atoms with van der Waals surface area (Å²) in [4.78, 5) is 13.6. The fraction of sp³-hybridized carbons (Fsp3) is 0.238. The quantitative estimate of drug-likeness (QED) is 0.790. The van der Waals surface area contributed by atoms with E-state index in [1.165, 1.54) is 5.69 Å². The van der Waals surface area contributed by atoms with Gasteiger partial charge in [0.1, 0.15) is 0 Å². The maximum Gasteiger partial charge on any atom is 0.221 e. The number of hydrogen-bond donors (Lipinski definition) is 1. The minimum atomic E-state index is 0.296. The first kappa shape index (κ1) is 16.5. The molecule has 2 heterocycles. The summed E-state index contributed by atoms with van der Waals surface area (Å²) in [5.41, 5.74) is 11.0. The number of likely N-dealkylation sites (N-methyl/N-ethyl adjacent to an activating group) is 1. The molecule has 3 aromatic rings. The summed E-state index contributed by atoms with van der Waals surface area (Å²) in [5.74, 6) is 0.296. The normalized spacial score (nSPS) is 15.2. The van der Waals surface area contributed by atoms with Gasteiger partial charge in [0.25, 0.3) is 0 Å². The molecule has 5 nitrogen and oxygen atoms in total. The predicted molar refractivity (Wildman–Crippen MR) is 107 cm³/mol. The van der Waals surface area contributed by atoms with Gasteiger partial charge in [-0.1, -0.05) is 42.5 Å². The molecule has 0 spiro atoms. The van der Waals surface area contributed by atoms with Crippen LogP contribution in [-0.2, 0) is 0 Å². The van der Waals surface area contributed by atoms with Crippen LogP contribution in [0.3, 0.4) is 0 Å². The minimum Gasteiger partial charge on any atom is -0.369 e. The van der Waals surface area contributed by atoms with E-state index < -0.39 is 0 Å². The van der Waals surface area contributed by atoms with Crippen molar-refractivity contribution < 1.29 is 0 Å². The summed E-state index contributed by atoms with van der Waals surface area (Å²) in [6, 6.07) is 20.6. The second-order valence-electron chi connectivity index (χ2n) is 6.70. The van der Waals surface area contributed by atoms with E-state index in [2.05, 4.69) is 51.1 Å². The fourth-order valence-electron chi connectivity index (χ4n) is 3.28. The molecule has 4 rings (SSSR count). The van der Waals surface area contributed by atoms with E-state index in [-0.39, 0.29) is 0 Å². The summed E-state index contributed by atoms with van der Waals surface area (Å²) in [5, 5.41) is 0. The average molecular weight is 345 g/mol. The zero-order chi connectivity index (χ0) is 17.9. The third-order valence-corrected chi connectivity index (χ3v) is 4.84. The van der Waals surface area contributed by atoms with Gasteiger partial charge in [-0.2, -0.15) is 0 Å². The lowest BCUT2D eigenvalue weighted by Crippen LogP contribution is -2.44. The van der Waals surface area contributed by atoms with Crippen molar-refractivity contribution in [3.05, 3.63) is 60.7 Å². The molecule has 132 valence electrons. The second kappa shape index (κ2) is 7.14. The fourth-order valence-corrected chi connectivity index (χ4v) is 3.28. The number of nitrogens with two attached hydrogens (primary N) is 1. The molecule has 1 aliphatic heterocycles. The van der Waals surface area contributed by atoms with Crippen LogP contribution in [0.15, 0.2) is 60.7 Å². The van der Waals surface area contributed by atoms with Gasteiger partial charge >= 0.3 is 0 Å². The van der Waals surface area contributed by atoms with Gasteiger partial charge in [0.2, 0.25) is 5.95 Å². The summed E-state index contributed by atoms with van der Waals surface area (Å²) in [6.07, 6.45) is 0. The molecule has 2 N–H and O–H groups in total. The summed E-state index contributed by atoms with van der Waals surface area (Å²) < 4.78 is 0. The van der Waals surface area contributed by atoms with Crippen molar-refractivity contribution in [2.24, 2.45) is 0 Å². The molecule has 1 saturated heterocycles. The van der Waals surface area contributed by atoms with E-state index in [1.807, 2.05) is 36.4 Å². The molecule has 1 fully saturated rings. The van der Waals surface area contributed by atoms with Crippen molar-refractivity contribution in [3.8, 4) is 22.5 Å². The van der Waals surface area contributed by atoms with Crippen LogP contribution in [0.2, 0.25) is 0 Å². The van der Waals surface area contributed by atoms with Crippen LogP contribution in [0.25, 0.3) is 22.5 Å². The number of nitrogen functional groups attached to an aromatic ring is 1. The Morgan fingerprint density at radius 2 is 1.35 bits per heavy atom. The van der Waals surface area contributed by atoms with E-state index in [0.717, 1.165) is 48.7 Å². The highest BCUT2D eigenvalue weighted by atomic mass is 15.2. The van der Waals surface area contributed by atoms with E-state index in [4.69, 9.17) is 5.73 Å². The lowest BCUT2D eigenvalue weighted by atomic mass is 10.1. The third-order valence-electron chi connectivity index (χ3n) is 4.84. The monoisotopic (exact) mass is 345 g/mol. The molecule has 1 aromatic heterocycles. The number of benzene rings is 2. The van der Waals surface area contributed by atoms with Crippen molar-refractivity contribution in [3.63, 3.8) is 0 Å². The lowest BCUT2D eigenvalue weighted by molar-refractivity contribution is 0.313. The Bertz CT molecular complexity index is 869. The van der Waals surface area contributed by atoms with E-state index in [1.54, 1.807) is 0 Å². The highest BCUT2D eigenvalue weighted by Gasteiger charge is 2.14. The summed E-state index contributed by atoms with van der Waals surface area (Å²) in [7, 11) is 2.17. The first-order chi connectivity index (χ1) is 12.7. The Kier molecular flexibility index (Phi) is 4.54. The predicted octanol–water partition coefficient (Wildman–Crippen LogP) is 3.14. The lowest BCUT2D eigenvalue weighted by Gasteiger charge is -2.34. The van der Waals surface area contributed by atoms with Crippen LogP contribution >= 0.6 is 0 Å². The summed E-state index contributed by atoms with van der Waals surface area (Å²) >= 11 is 0. The molecule has 0 atom stereocenters. The molecule has 0 aliphatic carbocycles. The van der Waals surface area contributed by atoms with Crippen LogP contribution < -0.4 is 10.6 Å². The zero-order valence-corrected chi connectivity index (χ0v) is 15.0. The molecule has 1 aliphatic rings. The molecule has 5 heteroatoms. The molecular formula is C21H23N5. The van der Waals surface area contributed by atoms with Gasteiger partial charge in [-0.05, 0) is 25.2 Å². The van der Waals surface area contributed by atoms with E-state index >= 15 is 0 Å². The third kappa shape index (κ3) is 3.53. The Labute approximate surface area is 154 Å². The topological polar surface area (TPSA) is 58.3 Å². The second-order valence-corrected chi connectivity index (χ2v) is 6.70. The Balaban J connectivity index is 1.60. The van der Waals surface area contributed by atoms with Gasteiger partial charge in [-0.25, -0.2) is 9.97 Å². The number of hydrogen-bond acceptors (Lipinski definition) is 5. The van der Waals surface area contributed by atoms with Gasteiger partial charge < -0.3 is 15.5 Å². The molecular weight excluding hydrogens is 322 g/mol. The molecule has 0 radical (unpaired) electrons. The minimum absolute atomic E-state index is 0.296. The van der Waals surface area contributed by atoms with Gasteiger partial charge in [0, 0.05) is 43.0 Å². The van der Waals surface area contributed by atoms with Crippen LogP contribution in [0.4, 0.5) is 11.6 Å².